The Bertz CT molecular complexity index is 501. The molecule has 2 rings (SSSR count). The smallest absolute Gasteiger partial charge is 0.397 e. The summed E-state index contributed by atoms with van der Waals surface area (Å²) in [7, 11) is 0. The van der Waals surface area contributed by atoms with Gasteiger partial charge >= 0.3 is 6.18 Å². The molecule has 0 saturated carbocycles. The summed E-state index contributed by atoms with van der Waals surface area (Å²) in [5.74, 6) is -0.529. The maximum Gasteiger partial charge on any atom is 0.397 e. The van der Waals surface area contributed by atoms with E-state index in [0.29, 0.717) is 38.3 Å². The minimum atomic E-state index is -4.46. The Morgan fingerprint density at radius 2 is 1.95 bits per heavy atom. The highest BCUT2D eigenvalue weighted by Gasteiger charge is 2.35. The third kappa shape index (κ3) is 5.20. The topological polar surface area (TPSA) is 29.5 Å². The minimum Gasteiger partial charge on any atom is -0.494 e. The molecule has 1 atom stereocenters. The van der Waals surface area contributed by atoms with E-state index in [1.165, 1.54) is 29.2 Å². The van der Waals surface area contributed by atoms with Crippen LogP contribution in [0.1, 0.15) is 19.3 Å². The van der Waals surface area contributed by atoms with Crippen molar-refractivity contribution in [1.82, 2.24) is 4.90 Å². The fourth-order valence-corrected chi connectivity index (χ4v) is 2.45. The molecule has 1 aliphatic heterocycles. The van der Waals surface area contributed by atoms with Gasteiger partial charge in [0.1, 0.15) is 18.0 Å². The van der Waals surface area contributed by atoms with E-state index in [9.17, 15) is 22.4 Å². The number of hydrogen-bond acceptors (Lipinski definition) is 2. The van der Waals surface area contributed by atoms with Gasteiger partial charge in [-0.3, -0.25) is 4.79 Å². The van der Waals surface area contributed by atoms with Crippen molar-refractivity contribution >= 4 is 5.91 Å². The largest absolute Gasteiger partial charge is 0.494 e. The molecule has 7 heteroatoms. The first-order chi connectivity index (χ1) is 10.3. The van der Waals surface area contributed by atoms with Gasteiger partial charge in [0.2, 0.25) is 5.91 Å². The summed E-state index contributed by atoms with van der Waals surface area (Å²) in [5.41, 5.74) is 0. The lowest BCUT2D eigenvalue weighted by Gasteiger charge is -2.17. The zero-order chi connectivity index (χ0) is 16.2. The summed E-state index contributed by atoms with van der Waals surface area (Å²) in [6.07, 6.45) is -4.53. The van der Waals surface area contributed by atoms with E-state index in [1.54, 1.807) is 0 Å². The summed E-state index contributed by atoms with van der Waals surface area (Å²) >= 11 is 0. The highest BCUT2D eigenvalue weighted by molar-refractivity contribution is 5.77. The van der Waals surface area contributed by atoms with Crippen LogP contribution in [-0.4, -0.2) is 36.7 Å². The first-order valence-electron chi connectivity index (χ1n) is 7.06. The van der Waals surface area contributed by atoms with E-state index in [4.69, 9.17) is 4.74 Å². The van der Waals surface area contributed by atoms with Gasteiger partial charge in [-0.1, -0.05) is 0 Å². The van der Waals surface area contributed by atoms with Gasteiger partial charge in [-0.25, -0.2) is 4.39 Å². The van der Waals surface area contributed by atoms with Crippen molar-refractivity contribution in [2.75, 3.05) is 19.7 Å². The molecule has 3 nitrogen and oxygen atoms in total. The van der Waals surface area contributed by atoms with Gasteiger partial charge < -0.3 is 9.64 Å². The van der Waals surface area contributed by atoms with Crippen LogP contribution in [0.15, 0.2) is 24.3 Å². The highest BCUT2D eigenvalue weighted by atomic mass is 19.4. The molecule has 1 aromatic carbocycles. The number of alkyl halides is 3. The van der Waals surface area contributed by atoms with Gasteiger partial charge in [0.05, 0.1) is 6.61 Å². The normalized spacial score (nSPS) is 18.5. The van der Waals surface area contributed by atoms with Crippen molar-refractivity contribution in [3.63, 3.8) is 0 Å². The monoisotopic (exact) mass is 319 g/mol. The van der Waals surface area contributed by atoms with Crippen LogP contribution in [0.5, 0.6) is 5.75 Å². The van der Waals surface area contributed by atoms with Crippen LogP contribution in [0.2, 0.25) is 0 Å². The Balaban J connectivity index is 1.70. The fraction of sp³-hybridized carbons (Fsp3) is 0.533. The quantitative estimate of drug-likeness (QED) is 0.779. The van der Waals surface area contributed by atoms with Crippen molar-refractivity contribution in [3.05, 3.63) is 30.1 Å². The average molecular weight is 319 g/mol. The SMILES string of the molecule is O=C(CC(F)(F)F)N1CCC(CCOc2ccc(F)cc2)C1. The van der Waals surface area contributed by atoms with Crippen LogP contribution >= 0.6 is 0 Å². The van der Waals surface area contributed by atoms with Gasteiger partial charge in [0.15, 0.2) is 0 Å². The second-order valence-corrected chi connectivity index (χ2v) is 5.38. The molecule has 0 aliphatic carbocycles. The number of carbonyl (C=O) groups excluding carboxylic acids is 1. The standard InChI is InChI=1S/C15H17F4NO2/c16-12-1-3-13(4-2-12)22-8-6-11-5-7-20(10-11)14(21)9-15(17,18)19/h1-4,11H,5-10H2. The Kier molecular flexibility index (Phi) is 5.26. The predicted octanol–water partition coefficient (Wildman–Crippen LogP) is 3.40. The molecule has 1 aromatic rings. The molecular formula is C15H17F4NO2. The van der Waals surface area contributed by atoms with Crippen molar-refractivity contribution in [3.8, 4) is 5.75 Å². The van der Waals surface area contributed by atoms with Gasteiger partial charge in [0.25, 0.3) is 0 Å². The van der Waals surface area contributed by atoms with Gasteiger partial charge in [-0.15, -0.1) is 0 Å². The van der Waals surface area contributed by atoms with Crippen LogP contribution in [0.4, 0.5) is 17.6 Å². The van der Waals surface area contributed by atoms with Crippen molar-refractivity contribution in [2.24, 2.45) is 5.92 Å². The van der Waals surface area contributed by atoms with Crippen molar-refractivity contribution < 1.29 is 27.1 Å². The number of ether oxygens (including phenoxy) is 1. The number of carbonyl (C=O) groups is 1. The third-order valence-electron chi connectivity index (χ3n) is 3.60. The molecule has 1 aliphatic rings. The lowest BCUT2D eigenvalue weighted by Crippen LogP contribution is -2.32. The van der Waals surface area contributed by atoms with Crippen molar-refractivity contribution in [2.45, 2.75) is 25.4 Å². The summed E-state index contributed by atoms with van der Waals surface area (Å²) in [6, 6.07) is 5.62. The zero-order valence-corrected chi connectivity index (χ0v) is 11.9. The number of hydrogen-bond donors (Lipinski definition) is 0. The number of halogens is 4. The van der Waals surface area contributed by atoms with Gasteiger partial charge in [-0.05, 0) is 43.0 Å². The second kappa shape index (κ2) is 6.98. The number of likely N-dealkylation sites (tertiary alicyclic amines) is 1. The average Bonchev–Trinajstić information content (AvgIpc) is 2.88. The first kappa shape index (κ1) is 16.6. The molecule has 0 aromatic heterocycles. The molecule has 1 fully saturated rings. The first-order valence-corrected chi connectivity index (χ1v) is 7.06. The van der Waals surface area contributed by atoms with E-state index in [0.717, 1.165) is 0 Å². The lowest BCUT2D eigenvalue weighted by atomic mass is 10.1. The summed E-state index contributed by atoms with van der Waals surface area (Å²) in [5, 5.41) is 0. The van der Waals surface area contributed by atoms with E-state index >= 15 is 0 Å². The molecule has 1 amide bonds. The molecule has 1 heterocycles. The van der Waals surface area contributed by atoms with Crippen LogP contribution in [-0.2, 0) is 4.79 Å². The Hall–Kier alpha value is -1.79. The summed E-state index contributed by atoms with van der Waals surface area (Å²) < 4.78 is 54.7. The minimum absolute atomic E-state index is 0.137. The molecule has 22 heavy (non-hydrogen) atoms. The third-order valence-corrected chi connectivity index (χ3v) is 3.60. The van der Waals surface area contributed by atoms with E-state index in [1.807, 2.05) is 0 Å². The molecular weight excluding hydrogens is 302 g/mol. The number of benzene rings is 1. The van der Waals surface area contributed by atoms with Crippen molar-refractivity contribution in [1.29, 1.82) is 0 Å². The summed E-state index contributed by atoms with van der Waals surface area (Å²) in [6.45, 7) is 1.08. The van der Waals surface area contributed by atoms with Crippen LogP contribution in [0.25, 0.3) is 0 Å². The fourth-order valence-electron chi connectivity index (χ4n) is 2.45. The highest BCUT2D eigenvalue weighted by Crippen LogP contribution is 2.25. The number of nitrogens with zero attached hydrogens (tertiary/aromatic N) is 1. The van der Waals surface area contributed by atoms with Crippen LogP contribution in [0.3, 0.4) is 0 Å². The molecule has 1 saturated heterocycles. The maximum atomic E-state index is 12.7. The van der Waals surface area contributed by atoms with Gasteiger partial charge in [0, 0.05) is 13.1 Å². The van der Waals surface area contributed by atoms with Crippen LogP contribution < -0.4 is 4.74 Å². The number of amides is 1. The molecule has 0 spiro atoms. The molecule has 0 radical (unpaired) electrons. The summed E-state index contributed by atoms with van der Waals surface area (Å²) in [4.78, 5) is 12.7. The predicted molar refractivity (Wildman–Crippen MR) is 71.9 cm³/mol. The van der Waals surface area contributed by atoms with Crippen LogP contribution in [0, 0.1) is 11.7 Å². The molecule has 0 N–H and O–H groups in total. The Labute approximate surface area is 125 Å². The Morgan fingerprint density at radius 3 is 2.59 bits per heavy atom. The molecule has 0 bridgehead atoms. The molecule has 1 unspecified atom stereocenters. The Morgan fingerprint density at radius 1 is 1.27 bits per heavy atom. The zero-order valence-electron chi connectivity index (χ0n) is 11.9. The number of rotatable bonds is 5. The van der Waals surface area contributed by atoms with Gasteiger partial charge in [-0.2, -0.15) is 13.2 Å². The lowest BCUT2D eigenvalue weighted by molar-refractivity contribution is -0.160. The molecule has 122 valence electrons. The second-order valence-electron chi connectivity index (χ2n) is 5.38. The van der Waals surface area contributed by atoms with E-state index in [-0.39, 0.29) is 11.7 Å². The maximum absolute atomic E-state index is 12.7. The van der Waals surface area contributed by atoms with E-state index in [2.05, 4.69) is 0 Å². The van der Waals surface area contributed by atoms with E-state index < -0.39 is 18.5 Å².